The summed E-state index contributed by atoms with van der Waals surface area (Å²) in [6.45, 7) is -0.404. The molecule has 43 heavy (non-hydrogen) atoms. The number of aromatic nitrogens is 2. The zero-order chi connectivity index (χ0) is 29.9. The van der Waals surface area contributed by atoms with Crippen molar-refractivity contribution in [3.05, 3.63) is 118 Å². The molecule has 1 N–H and O–H groups in total. The molecule has 0 bridgehead atoms. The lowest BCUT2D eigenvalue weighted by Gasteiger charge is -2.13. The first kappa shape index (κ1) is 27.7. The lowest BCUT2D eigenvalue weighted by Crippen LogP contribution is -2.20. The fourth-order valence-corrected chi connectivity index (χ4v) is 4.74. The molecular weight excluding hydrogens is 575 g/mol. The Kier molecular flexibility index (Phi) is 7.59. The van der Waals surface area contributed by atoms with Crippen LogP contribution in [0.15, 0.2) is 105 Å². The van der Waals surface area contributed by atoms with Crippen molar-refractivity contribution >= 4 is 51.3 Å². The largest absolute Gasteiger partial charge is 0.493 e. The number of hydrogen-bond acceptors (Lipinski definition) is 7. The summed E-state index contributed by atoms with van der Waals surface area (Å²) in [7, 11) is 1.42. The van der Waals surface area contributed by atoms with E-state index in [-0.39, 0.29) is 27.9 Å². The van der Waals surface area contributed by atoms with E-state index in [0.29, 0.717) is 33.5 Å². The summed E-state index contributed by atoms with van der Waals surface area (Å²) in [4.78, 5) is 30.6. The Bertz CT molecular complexity index is 2060. The molecule has 2 aromatic heterocycles. The number of para-hydroxylation sites is 2. The first-order valence-corrected chi connectivity index (χ1v) is 13.4. The van der Waals surface area contributed by atoms with E-state index < -0.39 is 18.3 Å². The van der Waals surface area contributed by atoms with Crippen LogP contribution in [0.5, 0.6) is 11.5 Å². The predicted octanol–water partition coefficient (Wildman–Crippen LogP) is 6.51. The number of hydrogen-bond donors (Lipinski definition) is 1. The van der Waals surface area contributed by atoms with Crippen molar-refractivity contribution in [1.29, 1.82) is 0 Å². The second-order valence-corrected chi connectivity index (χ2v) is 9.75. The summed E-state index contributed by atoms with van der Waals surface area (Å²) in [5.41, 5.74) is 1.53. The van der Waals surface area contributed by atoms with Crippen LogP contribution in [0, 0.1) is 5.82 Å². The fraction of sp³-hybridized carbons (Fsp3) is 0.0625. The molecule has 0 aliphatic rings. The molecule has 2 heterocycles. The number of rotatable bonds is 8. The molecule has 0 aliphatic carbocycles. The molecule has 1 amide bonds. The Hall–Kier alpha value is -5.48. The number of halogens is 2. The van der Waals surface area contributed by atoms with E-state index in [0.717, 1.165) is 5.39 Å². The number of nitrogens with zero attached hydrogens (tertiary/aromatic N) is 3. The van der Waals surface area contributed by atoms with E-state index in [1.54, 1.807) is 48.5 Å². The van der Waals surface area contributed by atoms with Gasteiger partial charge in [0.15, 0.2) is 23.9 Å². The van der Waals surface area contributed by atoms with Crippen LogP contribution in [0.1, 0.15) is 5.56 Å². The number of amides is 1. The molecule has 0 fully saturated rings. The highest BCUT2D eigenvalue weighted by atomic mass is 35.5. The van der Waals surface area contributed by atoms with Gasteiger partial charge in [0.1, 0.15) is 11.4 Å². The number of furan rings is 1. The Labute approximate surface area is 248 Å². The average molecular weight is 597 g/mol. The number of carbonyl (C=O) groups excluding carboxylic acids is 1. The van der Waals surface area contributed by atoms with E-state index >= 15 is 0 Å². The predicted molar refractivity (Wildman–Crippen MR) is 163 cm³/mol. The second-order valence-electron chi connectivity index (χ2n) is 9.34. The van der Waals surface area contributed by atoms with Gasteiger partial charge >= 0.3 is 0 Å². The second kappa shape index (κ2) is 11.8. The van der Waals surface area contributed by atoms with Gasteiger partial charge in [0, 0.05) is 11.1 Å². The Balaban J connectivity index is 1.31. The molecule has 0 saturated heterocycles. The summed E-state index contributed by atoms with van der Waals surface area (Å²) >= 11 is 6.50. The maximum Gasteiger partial charge on any atom is 0.282 e. The van der Waals surface area contributed by atoms with E-state index in [4.69, 9.17) is 25.5 Å². The van der Waals surface area contributed by atoms with Gasteiger partial charge in [0.05, 0.1) is 29.2 Å². The maximum absolute atomic E-state index is 13.5. The summed E-state index contributed by atoms with van der Waals surface area (Å²) in [6.07, 6.45) is 1.43. The summed E-state index contributed by atoms with van der Waals surface area (Å²) in [6, 6.07) is 24.9. The van der Waals surface area contributed by atoms with Crippen LogP contribution in [-0.4, -0.2) is 35.5 Å². The third-order valence-electron chi connectivity index (χ3n) is 6.43. The molecular formula is C32H22ClFN4O5. The standard InChI is InChI=1S/C32H22ClFN4O5/c1-41-27-14-19(13-24(33)30(27)42-18-29(39)36-22-9-6-8-21(34)16-22)17-35-38-31(28-15-20-7-2-5-12-26(20)43-28)37-25-11-4-3-10-23(25)32(38)40/h2-17H,18H2,1H3,(H,36,39). The summed E-state index contributed by atoms with van der Waals surface area (Å²) in [5.74, 6) is -0.0458. The van der Waals surface area contributed by atoms with Gasteiger partial charge < -0.3 is 19.2 Å². The van der Waals surface area contributed by atoms with Crippen molar-refractivity contribution in [2.45, 2.75) is 0 Å². The van der Waals surface area contributed by atoms with E-state index in [9.17, 15) is 14.0 Å². The highest BCUT2D eigenvalue weighted by Crippen LogP contribution is 2.36. The zero-order valence-electron chi connectivity index (χ0n) is 22.6. The van der Waals surface area contributed by atoms with E-state index in [1.165, 1.54) is 36.2 Å². The van der Waals surface area contributed by atoms with Gasteiger partial charge in [-0.3, -0.25) is 9.59 Å². The Morgan fingerprint density at radius 3 is 2.70 bits per heavy atom. The summed E-state index contributed by atoms with van der Waals surface area (Å²) in [5, 5.41) is 8.38. The lowest BCUT2D eigenvalue weighted by atomic mass is 10.2. The number of ether oxygens (including phenoxy) is 2. The van der Waals surface area contributed by atoms with Crippen molar-refractivity contribution in [3.63, 3.8) is 0 Å². The SMILES string of the molecule is COc1cc(C=Nn2c(-c3cc4ccccc4o3)nc3ccccc3c2=O)cc(Cl)c1OCC(=O)Nc1cccc(F)c1. The first-order valence-electron chi connectivity index (χ1n) is 13.0. The molecule has 9 nitrogen and oxygen atoms in total. The molecule has 0 saturated carbocycles. The number of anilines is 1. The van der Waals surface area contributed by atoms with E-state index in [1.807, 2.05) is 24.3 Å². The normalized spacial score (nSPS) is 11.3. The molecule has 0 atom stereocenters. The minimum absolute atomic E-state index is 0.128. The number of benzene rings is 4. The smallest absolute Gasteiger partial charge is 0.282 e. The quantitative estimate of drug-likeness (QED) is 0.201. The van der Waals surface area contributed by atoms with Crippen LogP contribution < -0.4 is 20.3 Å². The average Bonchev–Trinajstić information content (AvgIpc) is 3.44. The van der Waals surface area contributed by atoms with Crippen molar-refractivity contribution in [2.24, 2.45) is 5.10 Å². The van der Waals surface area contributed by atoms with Crippen LogP contribution in [0.2, 0.25) is 5.02 Å². The molecule has 0 aliphatic heterocycles. The molecule has 6 rings (SSSR count). The minimum Gasteiger partial charge on any atom is -0.493 e. The molecule has 4 aromatic carbocycles. The molecule has 0 spiro atoms. The number of carbonyl (C=O) groups is 1. The minimum atomic E-state index is -0.518. The van der Waals surface area contributed by atoms with Gasteiger partial charge in [-0.25, -0.2) is 9.37 Å². The van der Waals surface area contributed by atoms with Crippen LogP contribution in [0.25, 0.3) is 33.5 Å². The van der Waals surface area contributed by atoms with Gasteiger partial charge in [0.25, 0.3) is 11.5 Å². The summed E-state index contributed by atoms with van der Waals surface area (Å²) < 4.78 is 31.7. The Morgan fingerprint density at radius 1 is 1.07 bits per heavy atom. The molecule has 0 unspecified atom stereocenters. The van der Waals surface area contributed by atoms with Crippen LogP contribution in [0.4, 0.5) is 10.1 Å². The molecule has 214 valence electrons. The molecule has 6 aromatic rings. The lowest BCUT2D eigenvalue weighted by molar-refractivity contribution is -0.118. The number of methoxy groups -OCH3 is 1. The van der Waals surface area contributed by atoms with Gasteiger partial charge in [0.2, 0.25) is 5.82 Å². The van der Waals surface area contributed by atoms with Crippen LogP contribution >= 0.6 is 11.6 Å². The zero-order valence-corrected chi connectivity index (χ0v) is 23.3. The van der Waals surface area contributed by atoms with E-state index in [2.05, 4.69) is 15.4 Å². The van der Waals surface area contributed by atoms with Gasteiger partial charge in [-0.15, -0.1) is 0 Å². The maximum atomic E-state index is 13.5. The van der Waals surface area contributed by atoms with Crippen molar-refractivity contribution < 1.29 is 23.1 Å². The third-order valence-corrected chi connectivity index (χ3v) is 6.71. The first-order chi connectivity index (χ1) is 20.9. The van der Waals surface area contributed by atoms with Gasteiger partial charge in [-0.1, -0.05) is 48.0 Å². The topological polar surface area (TPSA) is 108 Å². The van der Waals surface area contributed by atoms with Gasteiger partial charge in [-0.2, -0.15) is 9.78 Å². The fourth-order valence-electron chi connectivity index (χ4n) is 4.46. The van der Waals surface area contributed by atoms with Crippen molar-refractivity contribution in [1.82, 2.24) is 9.66 Å². The molecule has 11 heteroatoms. The highest BCUT2D eigenvalue weighted by molar-refractivity contribution is 6.32. The highest BCUT2D eigenvalue weighted by Gasteiger charge is 2.17. The number of fused-ring (bicyclic) bond motifs is 2. The third kappa shape index (κ3) is 5.81. The Morgan fingerprint density at radius 2 is 1.88 bits per heavy atom. The van der Waals surface area contributed by atoms with Crippen molar-refractivity contribution in [2.75, 3.05) is 19.0 Å². The number of nitrogens with one attached hydrogen (secondary N) is 1. The van der Waals surface area contributed by atoms with Crippen LogP contribution in [-0.2, 0) is 4.79 Å². The van der Waals surface area contributed by atoms with Crippen molar-refractivity contribution in [3.8, 4) is 23.1 Å². The molecule has 0 radical (unpaired) electrons. The van der Waals surface area contributed by atoms with Gasteiger partial charge in [-0.05, 0) is 60.2 Å². The van der Waals surface area contributed by atoms with Crippen LogP contribution in [0.3, 0.4) is 0 Å². The monoisotopic (exact) mass is 596 g/mol.